The summed E-state index contributed by atoms with van der Waals surface area (Å²) in [5.74, 6) is -0.458. The molecule has 1 atom stereocenters. The molecule has 0 radical (unpaired) electrons. The molecule has 3 rings (SSSR count). The van der Waals surface area contributed by atoms with Crippen molar-refractivity contribution in [1.29, 1.82) is 0 Å². The average molecular weight is 358 g/mol. The van der Waals surface area contributed by atoms with Gasteiger partial charge in [-0.05, 0) is 52.2 Å². The third-order valence-electron chi connectivity index (χ3n) is 5.32. The lowest BCUT2D eigenvalue weighted by Crippen LogP contribution is -2.62. The van der Waals surface area contributed by atoms with Gasteiger partial charge in [-0.1, -0.05) is 6.07 Å². The largest absolute Gasteiger partial charge is 0.353 e. The monoisotopic (exact) mass is 358 g/mol. The highest BCUT2D eigenvalue weighted by Gasteiger charge is 2.40. The van der Waals surface area contributed by atoms with Crippen molar-refractivity contribution in [3.05, 3.63) is 29.6 Å². The highest BCUT2D eigenvalue weighted by Crippen LogP contribution is 2.31. The molecule has 2 aliphatic rings. The fraction of sp³-hybridized carbons (Fsp3) is 0.650. The molecule has 142 valence electrons. The summed E-state index contributed by atoms with van der Waals surface area (Å²) < 4.78 is 0. The van der Waals surface area contributed by atoms with Gasteiger partial charge in [-0.25, -0.2) is 0 Å². The van der Waals surface area contributed by atoms with Crippen molar-refractivity contribution in [2.24, 2.45) is 0 Å². The molecule has 1 fully saturated rings. The molecule has 0 saturated carbocycles. The van der Waals surface area contributed by atoms with Gasteiger partial charge in [0.2, 0.25) is 11.8 Å². The molecule has 0 spiro atoms. The van der Waals surface area contributed by atoms with E-state index in [9.17, 15) is 9.59 Å². The number of carbonyl (C=O) groups is 2. The zero-order chi connectivity index (χ0) is 19.1. The van der Waals surface area contributed by atoms with E-state index in [4.69, 9.17) is 0 Å². The highest BCUT2D eigenvalue weighted by molar-refractivity contribution is 5.85. The maximum absolute atomic E-state index is 13.1. The number of rotatable bonds is 2. The number of hydrogen-bond donors (Lipinski definition) is 2. The molecule has 0 aliphatic carbocycles. The molecule has 1 unspecified atom stereocenters. The Bertz CT molecular complexity index is 698. The molecule has 0 bridgehead atoms. The van der Waals surface area contributed by atoms with Crippen LogP contribution in [-0.2, 0) is 16.1 Å². The number of carbonyl (C=O) groups excluding carboxylic acids is 2. The van der Waals surface area contributed by atoms with Gasteiger partial charge in [0.1, 0.15) is 0 Å². The molecule has 1 saturated heterocycles. The van der Waals surface area contributed by atoms with Crippen LogP contribution in [0, 0.1) is 0 Å². The van der Waals surface area contributed by atoms with Crippen LogP contribution in [0.2, 0.25) is 0 Å². The molecule has 1 aromatic rings. The van der Waals surface area contributed by atoms with Crippen molar-refractivity contribution < 1.29 is 9.59 Å². The Morgan fingerprint density at radius 2 is 1.88 bits per heavy atom. The fourth-order valence-electron chi connectivity index (χ4n) is 4.65. The predicted octanol–water partition coefficient (Wildman–Crippen LogP) is 1.95. The van der Waals surface area contributed by atoms with E-state index in [0.717, 1.165) is 24.1 Å². The molecule has 3 heterocycles. The van der Waals surface area contributed by atoms with Crippen LogP contribution in [0.1, 0.15) is 64.6 Å². The van der Waals surface area contributed by atoms with Gasteiger partial charge < -0.3 is 15.5 Å². The molecule has 1 aromatic heterocycles. The zero-order valence-corrected chi connectivity index (χ0v) is 16.4. The van der Waals surface area contributed by atoms with Crippen LogP contribution in [0.5, 0.6) is 0 Å². The van der Waals surface area contributed by atoms with E-state index >= 15 is 0 Å². The van der Waals surface area contributed by atoms with Crippen molar-refractivity contribution in [3.8, 4) is 0 Å². The number of nitrogens with zero attached hydrogens (tertiary/aromatic N) is 2. The smallest absolute Gasteiger partial charge is 0.231 e. The van der Waals surface area contributed by atoms with Gasteiger partial charge in [0.05, 0.1) is 11.6 Å². The minimum absolute atomic E-state index is 0.0126. The third-order valence-corrected chi connectivity index (χ3v) is 5.32. The summed E-state index contributed by atoms with van der Waals surface area (Å²) in [7, 11) is 0. The normalized spacial score (nSPS) is 24.7. The molecule has 6 nitrogen and oxygen atoms in total. The number of piperidine rings is 1. The predicted molar refractivity (Wildman–Crippen MR) is 101 cm³/mol. The van der Waals surface area contributed by atoms with Gasteiger partial charge in [0, 0.05) is 43.3 Å². The molecule has 2 aliphatic heterocycles. The summed E-state index contributed by atoms with van der Waals surface area (Å²) in [6.45, 7) is 11.1. The molecular formula is C20H30N4O2. The third kappa shape index (κ3) is 4.06. The minimum Gasteiger partial charge on any atom is -0.353 e. The molecule has 2 amide bonds. The Kier molecular flexibility index (Phi) is 4.82. The van der Waals surface area contributed by atoms with Gasteiger partial charge in [-0.2, -0.15) is 0 Å². The number of hydrogen-bond acceptors (Lipinski definition) is 4. The molecule has 26 heavy (non-hydrogen) atoms. The first kappa shape index (κ1) is 18.8. The fourth-order valence-corrected chi connectivity index (χ4v) is 4.65. The zero-order valence-electron chi connectivity index (χ0n) is 16.4. The van der Waals surface area contributed by atoms with Crippen LogP contribution >= 0.6 is 0 Å². The van der Waals surface area contributed by atoms with Crippen LogP contribution in [0.4, 0.5) is 0 Å². The lowest BCUT2D eigenvalue weighted by Gasteiger charge is -2.47. The number of aromatic nitrogens is 1. The Morgan fingerprint density at radius 3 is 2.50 bits per heavy atom. The van der Waals surface area contributed by atoms with Crippen LogP contribution in [0.25, 0.3) is 0 Å². The standard InChI is InChI=1S/C20H30N4O2/c1-13(25)24-11-14-7-6-8-21-17(14)16(12-24)18(26)22-15-9-19(2,3)23-20(4,5)10-15/h6-8,15-16,23H,9-12H2,1-5H3,(H,22,26). The van der Waals surface area contributed by atoms with E-state index in [0.29, 0.717) is 13.1 Å². The van der Waals surface area contributed by atoms with Gasteiger partial charge in [0.15, 0.2) is 0 Å². The van der Waals surface area contributed by atoms with Crippen LogP contribution in [0.15, 0.2) is 18.3 Å². The Morgan fingerprint density at radius 1 is 1.23 bits per heavy atom. The first-order valence-electron chi connectivity index (χ1n) is 9.35. The van der Waals surface area contributed by atoms with Gasteiger partial charge in [-0.3, -0.25) is 14.6 Å². The number of amides is 2. The number of fused-ring (bicyclic) bond motifs is 1. The second kappa shape index (κ2) is 6.65. The van der Waals surface area contributed by atoms with E-state index in [1.165, 1.54) is 0 Å². The van der Waals surface area contributed by atoms with Crippen LogP contribution in [0.3, 0.4) is 0 Å². The summed E-state index contributed by atoms with van der Waals surface area (Å²) in [6, 6.07) is 3.91. The first-order chi connectivity index (χ1) is 12.1. The summed E-state index contributed by atoms with van der Waals surface area (Å²) in [5.41, 5.74) is 1.69. The van der Waals surface area contributed by atoms with E-state index in [1.54, 1.807) is 18.0 Å². The van der Waals surface area contributed by atoms with Crippen LogP contribution in [-0.4, -0.2) is 45.4 Å². The van der Waals surface area contributed by atoms with Crippen molar-refractivity contribution in [2.45, 2.75) is 77.0 Å². The summed E-state index contributed by atoms with van der Waals surface area (Å²) in [4.78, 5) is 31.2. The highest BCUT2D eigenvalue weighted by atomic mass is 16.2. The summed E-state index contributed by atoms with van der Waals surface area (Å²) in [5, 5.41) is 6.88. The second-order valence-electron chi connectivity index (χ2n) is 9.01. The lowest BCUT2D eigenvalue weighted by molar-refractivity contribution is -0.132. The molecule has 0 aromatic carbocycles. The van der Waals surface area contributed by atoms with Crippen molar-refractivity contribution in [2.75, 3.05) is 6.54 Å². The number of pyridine rings is 1. The SMILES string of the molecule is CC(=O)N1Cc2cccnc2C(C(=O)NC2CC(C)(C)NC(C)(C)C2)C1. The Balaban J connectivity index is 1.79. The molecular weight excluding hydrogens is 328 g/mol. The number of nitrogens with one attached hydrogen (secondary N) is 2. The van der Waals surface area contributed by atoms with Gasteiger partial charge >= 0.3 is 0 Å². The summed E-state index contributed by atoms with van der Waals surface area (Å²) in [6.07, 6.45) is 3.47. The van der Waals surface area contributed by atoms with E-state index in [1.807, 2.05) is 12.1 Å². The van der Waals surface area contributed by atoms with Gasteiger partial charge in [0.25, 0.3) is 0 Å². The second-order valence-corrected chi connectivity index (χ2v) is 9.01. The van der Waals surface area contributed by atoms with Crippen LogP contribution < -0.4 is 10.6 Å². The van der Waals surface area contributed by atoms with E-state index < -0.39 is 5.92 Å². The maximum atomic E-state index is 13.1. The maximum Gasteiger partial charge on any atom is 0.231 e. The minimum atomic E-state index is -0.412. The van der Waals surface area contributed by atoms with Crippen molar-refractivity contribution >= 4 is 11.8 Å². The lowest BCUT2D eigenvalue weighted by atomic mass is 9.79. The first-order valence-corrected chi connectivity index (χ1v) is 9.35. The topological polar surface area (TPSA) is 74.3 Å². The molecule has 6 heteroatoms. The van der Waals surface area contributed by atoms with Crippen molar-refractivity contribution in [3.63, 3.8) is 0 Å². The van der Waals surface area contributed by atoms with Crippen molar-refractivity contribution in [1.82, 2.24) is 20.5 Å². The summed E-state index contributed by atoms with van der Waals surface area (Å²) >= 11 is 0. The Labute approximate surface area is 155 Å². The average Bonchev–Trinajstić information content (AvgIpc) is 2.50. The van der Waals surface area contributed by atoms with Gasteiger partial charge in [-0.15, -0.1) is 0 Å². The van der Waals surface area contributed by atoms with E-state index in [-0.39, 0.29) is 28.9 Å². The Hall–Kier alpha value is -1.95. The molecule has 2 N–H and O–H groups in total. The quantitative estimate of drug-likeness (QED) is 0.847. The van der Waals surface area contributed by atoms with E-state index in [2.05, 4.69) is 43.3 Å².